The second kappa shape index (κ2) is 7.88. The highest BCUT2D eigenvalue weighted by molar-refractivity contribution is 5.97. The fourth-order valence-electron chi connectivity index (χ4n) is 2.95. The molecule has 0 saturated heterocycles. The second-order valence-electron chi connectivity index (χ2n) is 6.19. The zero-order valence-electron chi connectivity index (χ0n) is 14.4. The monoisotopic (exact) mass is 341 g/mol. The minimum absolute atomic E-state index is 0.0231. The summed E-state index contributed by atoms with van der Waals surface area (Å²) in [6, 6.07) is 11.5. The molecular weight excluding hydrogens is 318 g/mol. The Labute approximate surface area is 147 Å². The molecule has 1 N–H and O–H groups in total. The molecule has 132 valence electrons. The number of carbonyl (C=O) groups excluding carboxylic acids is 2. The predicted molar refractivity (Wildman–Crippen MR) is 95.7 cm³/mol. The van der Waals surface area contributed by atoms with E-state index in [0.717, 1.165) is 11.4 Å². The van der Waals surface area contributed by atoms with Gasteiger partial charge in [0, 0.05) is 37.9 Å². The molecule has 1 atom stereocenters. The van der Waals surface area contributed by atoms with Crippen molar-refractivity contribution in [2.75, 3.05) is 24.6 Å². The van der Waals surface area contributed by atoms with E-state index in [2.05, 4.69) is 5.32 Å². The summed E-state index contributed by atoms with van der Waals surface area (Å²) >= 11 is 0. The summed E-state index contributed by atoms with van der Waals surface area (Å²) in [6.07, 6.45) is 5.05. The molecule has 0 aliphatic carbocycles. The minimum atomic E-state index is -0.0498. The number of aromatic nitrogens is 1. The van der Waals surface area contributed by atoms with Gasteiger partial charge in [-0.3, -0.25) is 9.59 Å². The number of benzene rings is 1. The van der Waals surface area contributed by atoms with Crippen LogP contribution in [0.1, 0.15) is 25.8 Å². The summed E-state index contributed by atoms with van der Waals surface area (Å²) in [5.74, 6) is 0.702. The quantitative estimate of drug-likeness (QED) is 0.787. The van der Waals surface area contributed by atoms with Crippen LogP contribution >= 0.6 is 0 Å². The number of amides is 2. The van der Waals surface area contributed by atoms with E-state index in [9.17, 15) is 9.59 Å². The smallest absolute Gasteiger partial charge is 0.265 e. The van der Waals surface area contributed by atoms with Gasteiger partial charge in [-0.2, -0.15) is 0 Å². The summed E-state index contributed by atoms with van der Waals surface area (Å²) < 4.78 is 7.44. The Balaban J connectivity index is 1.44. The molecule has 2 amide bonds. The van der Waals surface area contributed by atoms with Crippen LogP contribution in [0.5, 0.6) is 5.75 Å². The summed E-state index contributed by atoms with van der Waals surface area (Å²) in [5, 5.41) is 2.93. The molecule has 0 saturated carbocycles. The molecule has 1 aromatic heterocycles. The van der Waals surface area contributed by atoms with Gasteiger partial charge in [0.25, 0.3) is 5.91 Å². The molecule has 6 heteroatoms. The van der Waals surface area contributed by atoms with Crippen LogP contribution in [0.4, 0.5) is 5.69 Å². The molecule has 0 spiro atoms. The summed E-state index contributed by atoms with van der Waals surface area (Å²) in [7, 11) is 0. The van der Waals surface area contributed by atoms with E-state index in [1.54, 1.807) is 4.90 Å². The Morgan fingerprint density at radius 3 is 2.80 bits per heavy atom. The fourth-order valence-corrected chi connectivity index (χ4v) is 2.95. The first-order valence-electron chi connectivity index (χ1n) is 8.56. The number of carbonyl (C=O) groups is 2. The number of hydrogen-bond donors (Lipinski definition) is 1. The van der Waals surface area contributed by atoms with Gasteiger partial charge in [-0.15, -0.1) is 0 Å². The number of hydrogen-bond acceptors (Lipinski definition) is 3. The SMILES string of the molecule is CC(CC(=O)NCCCN1C(=O)COc2ccccc21)n1cccc1. The third-order valence-electron chi connectivity index (χ3n) is 4.31. The third-order valence-corrected chi connectivity index (χ3v) is 4.31. The molecule has 1 aromatic carbocycles. The molecule has 1 aliphatic rings. The van der Waals surface area contributed by atoms with Crippen LogP contribution < -0.4 is 15.0 Å². The maximum Gasteiger partial charge on any atom is 0.265 e. The molecule has 1 aliphatic heterocycles. The van der Waals surface area contributed by atoms with E-state index in [0.29, 0.717) is 25.9 Å². The van der Waals surface area contributed by atoms with Gasteiger partial charge in [0.15, 0.2) is 6.61 Å². The molecule has 6 nitrogen and oxygen atoms in total. The van der Waals surface area contributed by atoms with E-state index in [4.69, 9.17) is 4.74 Å². The van der Waals surface area contributed by atoms with Crippen LogP contribution in [0.25, 0.3) is 0 Å². The minimum Gasteiger partial charge on any atom is -0.482 e. The number of para-hydroxylation sites is 2. The van der Waals surface area contributed by atoms with Crippen molar-refractivity contribution in [1.29, 1.82) is 0 Å². The van der Waals surface area contributed by atoms with Crippen molar-refractivity contribution in [3.05, 3.63) is 48.8 Å². The summed E-state index contributed by atoms with van der Waals surface area (Å²) in [5.41, 5.74) is 0.798. The highest BCUT2D eigenvalue weighted by atomic mass is 16.5. The van der Waals surface area contributed by atoms with Gasteiger partial charge in [0.1, 0.15) is 5.75 Å². The number of anilines is 1. The number of nitrogens with zero attached hydrogens (tertiary/aromatic N) is 2. The number of ether oxygens (including phenoxy) is 1. The van der Waals surface area contributed by atoms with Crippen molar-refractivity contribution in [2.24, 2.45) is 0 Å². The maximum absolute atomic E-state index is 12.1. The molecular formula is C19H23N3O3. The Kier molecular flexibility index (Phi) is 5.38. The maximum atomic E-state index is 12.1. The van der Waals surface area contributed by atoms with E-state index >= 15 is 0 Å². The van der Waals surface area contributed by atoms with E-state index in [-0.39, 0.29) is 24.5 Å². The van der Waals surface area contributed by atoms with Gasteiger partial charge in [-0.1, -0.05) is 12.1 Å². The molecule has 2 aromatic rings. The normalized spacial score (nSPS) is 14.6. The molecule has 0 fully saturated rings. The van der Waals surface area contributed by atoms with Crippen molar-refractivity contribution >= 4 is 17.5 Å². The highest BCUT2D eigenvalue weighted by Gasteiger charge is 2.24. The molecule has 0 radical (unpaired) electrons. The van der Waals surface area contributed by atoms with Crippen molar-refractivity contribution in [1.82, 2.24) is 9.88 Å². The Morgan fingerprint density at radius 2 is 2.00 bits per heavy atom. The van der Waals surface area contributed by atoms with Crippen molar-refractivity contribution in [2.45, 2.75) is 25.8 Å². The summed E-state index contributed by atoms with van der Waals surface area (Å²) in [6.45, 7) is 3.19. The topological polar surface area (TPSA) is 63.6 Å². The second-order valence-corrected chi connectivity index (χ2v) is 6.19. The lowest BCUT2D eigenvalue weighted by molar-refractivity contribution is -0.121. The average molecular weight is 341 g/mol. The van der Waals surface area contributed by atoms with Gasteiger partial charge < -0.3 is 19.5 Å². The lowest BCUT2D eigenvalue weighted by atomic mass is 10.2. The molecule has 1 unspecified atom stereocenters. The fraction of sp³-hybridized carbons (Fsp3) is 0.368. The van der Waals surface area contributed by atoms with E-state index in [1.807, 2.05) is 60.3 Å². The zero-order chi connectivity index (χ0) is 17.6. The number of rotatable bonds is 7. The summed E-state index contributed by atoms with van der Waals surface area (Å²) in [4.78, 5) is 25.8. The van der Waals surface area contributed by atoms with Crippen LogP contribution in [0, 0.1) is 0 Å². The first-order chi connectivity index (χ1) is 12.1. The van der Waals surface area contributed by atoms with Crippen LogP contribution in [0.15, 0.2) is 48.8 Å². The van der Waals surface area contributed by atoms with Gasteiger partial charge in [0.05, 0.1) is 5.69 Å². The Morgan fingerprint density at radius 1 is 1.24 bits per heavy atom. The molecule has 25 heavy (non-hydrogen) atoms. The van der Waals surface area contributed by atoms with Gasteiger partial charge in [-0.25, -0.2) is 0 Å². The highest BCUT2D eigenvalue weighted by Crippen LogP contribution is 2.31. The molecule has 2 heterocycles. The Hall–Kier alpha value is -2.76. The van der Waals surface area contributed by atoms with E-state index < -0.39 is 0 Å². The van der Waals surface area contributed by atoms with Crippen LogP contribution in [-0.4, -0.2) is 36.1 Å². The third kappa shape index (κ3) is 4.21. The first kappa shape index (κ1) is 17.1. The van der Waals surface area contributed by atoms with Crippen LogP contribution in [-0.2, 0) is 9.59 Å². The van der Waals surface area contributed by atoms with E-state index in [1.165, 1.54) is 0 Å². The molecule has 0 bridgehead atoms. The average Bonchev–Trinajstić information content (AvgIpc) is 3.15. The van der Waals surface area contributed by atoms with Gasteiger partial charge in [-0.05, 0) is 37.6 Å². The van der Waals surface area contributed by atoms with Gasteiger partial charge in [0.2, 0.25) is 5.91 Å². The van der Waals surface area contributed by atoms with Crippen LogP contribution in [0.3, 0.4) is 0 Å². The van der Waals surface area contributed by atoms with Crippen molar-refractivity contribution in [3.8, 4) is 5.75 Å². The zero-order valence-corrected chi connectivity index (χ0v) is 14.4. The molecule has 3 rings (SSSR count). The Bertz CT molecular complexity index is 727. The first-order valence-corrected chi connectivity index (χ1v) is 8.56. The van der Waals surface area contributed by atoms with Crippen molar-refractivity contribution in [3.63, 3.8) is 0 Å². The van der Waals surface area contributed by atoms with Gasteiger partial charge >= 0.3 is 0 Å². The lowest BCUT2D eigenvalue weighted by Gasteiger charge is -2.29. The standard InChI is InChI=1S/C19H23N3O3/c1-15(21-10-4-5-11-21)13-18(23)20-9-6-12-22-16-7-2-3-8-17(16)25-14-19(22)24/h2-5,7-8,10-11,15H,6,9,12-14H2,1H3,(H,20,23). The lowest BCUT2D eigenvalue weighted by Crippen LogP contribution is -2.40. The number of fused-ring (bicyclic) bond motifs is 1. The number of nitrogens with one attached hydrogen (secondary N) is 1. The van der Waals surface area contributed by atoms with Crippen LogP contribution in [0.2, 0.25) is 0 Å². The van der Waals surface area contributed by atoms with Crippen molar-refractivity contribution < 1.29 is 14.3 Å². The predicted octanol–water partition coefficient (Wildman–Crippen LogP) is 2.37. The largest absolute Gasteiger partial charge is 0.482 e.